The van der Waals surface area contributed by atoms with Crippen LogP contribution in [0.3, 0.4) is 0 Å². The normalized spacial score (nSPS) is 16.1. The Kier molecular flexibility index (Phi) is 5.14. The predicted octanol–water partition coefficient (Wildman–Crippen LogP) is 1.57. The summed E-state index contributed by atoms with van der Waals surface area (Å²) in [5.74, 6) is 0.0411. The molecular formula is C16H22N4O2. The molecule has 2 rings (SSSR count). The van der Waals surface area contributed by atoms with Gasteiger partial charge in [0.15, 0.2) is 5.96 Å². The number of aliphatic imine (C=N–C) groups is 1. The van der Waals surface area contributed by atoms with Crippen molar-refractivity contribution in [2.75, 3.05) is 18.4 Å². The third kappa shape index (κ3) is 4.07. The van der Waals surface area contributed by atoms with E-state index in [0.717, 1.165) is 5.69 Å². The van der Waals surface area contributed by atoms with Crippen LogP contribution < -0.4 is 11.1 Å². The third-order valence-corrected chi connectivity index (χ3v) is 3.77. The number of nitrogens with zero attached hydrogens (tertiary/aromatic N) is 2. The number of hydrogen-bond acceptors (Lipinski definition) is 3. The first-order chi connectivity index (χ1) is 10.5. The van der Waals surface area contributed by atoms with Crippen molar-refractivity contribution in [3.05, 3.63) is 29.3 Å². The molecule has 1 fully saturated rings. The van der Waals surface area contributed by atoms with Crippen molar-refractivity contribution in [2.45, 2.75) is 33.1 Å². The van der Waals surface area contributed by atoms with Gasteiger partial charge in [-0.05, 0) is 43.5 Å². The topological polar surface area (TPSA) is 87.8 Å². The number of aryl methyl sites for hydroxylation is 2. The summed E-state index contributed by atoms with van der Waals surface area (Å²) in [5, 5.41) is 3.01. The molecule has 0 atom stereocenters. The van der Waals surface area contributed by atoms with Gasteiger partial charge in [0.05, 0.1) is 6.54 Å². The highest BCUT2D eigenvalue weighted by molar-refractivity contribution is 5.97. The molecule has 0 saturated carbocycles. The molecule has 0 aromatic heterocycles. The van der Waals surface area contributed by atoms with Gasteiger partial charge in [-0.1, -0.05) is 6.07 Å². The number of rotatable bonds is 4. The first kappa shape index (κ1) is 16.0. The van der Waals surface area contributed by atoms with Crippen molar-refractivity contribution in [1.82, 2.24) is 4.90 Å². The van der Waals surface area contributed by atoms with E-state index in [4.69, 9.17) is 5.73 Å². The lowest BCUT2D eigenvalue weighted by Gasteiger charge is -2.24. The van der Waals surface area contributed by atoms with Crippen LogP contribution in [0.15, 0.2) is 23.2 Å². The molecule has 3 N–H and O–H groups in total. The maximum absolute atomic E-state index is 11.7. The number of likely N-dealkylation sites (tertiary alicyclic amines) is 1. The number of carbonyl (C=O) groups excluding carboxylic acids is 2. The Morgan fingerprint density at radius 1 is 1.23 bits per heavy atom. The van der Waals surface area contributed by atoms with Crippen molar-refractivity contribution in [2.24, 2.45) is 10.7 Å². The molecule has 118 valence electrons. The quantitative estimate of drug-likeness (QED) is 0.502. The van der Waals surface area contributed by atoms with Crippen LogP contribution in [-0.4, -0.2) is 35.8 Å². The first-order valence-electron chi connectivity index (χ1n) is 7.45. The number of carbonyl (C=O) groups is 2. The highest BCUT2D eigenvalue weighted by Crippen LogP contribution is 2.14. The molecule has 0 aliphatic carbocycles. The molecule has 1 aromatic carbocycles. The van der Waals surface area contributed by atoms with Gasteiger partial charge in [0.25, 0.3) is 0 Å². The molecule has 1 heterocycles. The third-order valence-electron chi connectivity index (χ3n) is 3.77. The molecule has 1 aromatic rings. The number of imide groups is 1. The number of amides is 2. The number of nitrogens with two attached hydrogens (primary N) is 1. The maximum Gasteiger partial charge on any atom is 0.229 e. The van der Waals surface area contributed by atoms with E-state index in [1.165, 1.54) is 16.0 Å². The largest absolute Gasteiger partial charge is 0.370 e. The van der Waals surface area contributed by atoms with Crippen molar-refractivity contribution in [1.29, 1.82) is 0 Å². The molecule has 2 amide bonds. The SMILES string of the molecule is Cc1ccc(NC(N)=NCCN2C(=O)CCCC2=O)cc1C. The second-order valence-electron chi connectivity index (χ2n) is 5.48. The first-order valence-corrected chi connectivity index (χ1v) is 7.45. The summed E-state index contributed by atoms with van der Waals surface area (Å²) < 4.78 is 0. The molecule has 22 heavy (non-hydrogen) atoms. The van der Waals surface area contributed by atoms with E-state index in [0.29, 0.717) is 25.8 Å². The monoisotopic (exact) mass is 302 g/mol. The lowest BCUT2D eigenvalue weighted by atomic mass is 10.1. The van der Waals surface area contributed by atoms with Crippen LogP contribution in [0.25, 0.3) is 0 Å². The molecule has 0 unspecified atom stereocenters. The Morgan fingerprint density at radius 3 is 2.55 bits per heavy atom. The molecule has 0 radical (unpaired) electrons. The van der Waals surface area contributed by atoms with Crippen LogP contribution in [0.2, 0.25) is 0 Å². The molecule has 0 spiro atoms. The van der Waals surface area contributed by atoms with E-state index >= 15 is 0 Å². The molecule has 1 aliphatic heterocycles. The molecular weight excluding hydrogens is 280 g/mol. The fraction of sp³-hybridized carbons (Fsp3) is 0.438. The van der Waals surface area contributed by atoms with E-state index in [1.54, 1.807) is 0 Å². The van der Waals surface area contributed by atoms with Crippen LogP contribution >= 0.6 is 0 Å². The van der Waals surface area contributed by atoms with Crippen LogP contribution in [0.5, 0.6) is 0 Å². The molecule has 1 aliphatic rings. The zero-order valence-corrected chi connectivity index (χ0v) is 13.1. The minimum atomic E-state index is -0.118. The predicted molar refractivity (Wildman–Crippen MR) is 86.6 cm³/mol. The van der Waals surface area contributed by atoms with Gasteiger partial charge < -0.3 is 11.1 Å². The van der Waals surface area contributed by atoms with Gasteiger partial charge in [-0.3, -0.25) is 19.5 Å². The standard InChI is InChI=1S/C16H22N4O2/c1-11-6-7-13(10-12(11)2)19-16(17)18-8-9-20-14(21)4-3-5-15(20)22/h6-7,10H,3-5,8-9H2,1-2H3,(H3,17,18,19). The average molecular weight is 302 g/mol. The minimum absolute atomic E-state index is 0.118. The van der Waals surface area contributed by atoms with Crippen LogP contribution in [0.1, 0.15) is 30.4 Å². The average Bonchev–Trinajstić information content (AvgIpc) is 2.46. The van der Waals surface area contributed by atoms with Crippen LogP contribution in [0, 0.1) is 13.8 Å². The summed E-state index contributed by atoms with van der Waals surface area (Å²) in [6.07, 6.45) is 1.52. The second kappa shape index (κ2) is 7.06. The minimum Gasteiger partial charge on any atom is -0.370 e. The second-order valence-corrected chi connectivity index (χ2v) is 5.48. The van der Waals surface area contributed by atoms with Gasteiger partial charge >= 0.3 is 0 Å². The number of anilines is 1. The molecule has 0 bridgehead atoms. The number of hydrogen-bond donors (Lipinski definition) is 2. The number of nitrogens with one attached hydrogen (secondary N) is 1. The zero-order chi connectivity index (χ0) is 16.1. The molecule has 1 saturated heterocycles. The van der Waals surface area contributed by atoms with E-state index in [1.807, 2.05) is 32.0 Å². The fourth-order valence-corrected chi connectivity index (χ4v) is 2.33. The van der Waals surface area contributed by atoms with Crippen molar-refractivity contribution in [3.63, 3.8) is 0 Å². The Labute approximate surface area is 130 Å². The smallest absolute Gasteiger partial charge is 0.229 e. The van der Waals surface area contributed by atoms with Gasteiger partial charge in [-0.25, -0.2) is 0 Å². The van der Waals surface area contributed by atoms with E-state index in [9.17, 15) is 9.59 Å². The number of guanidine groups is 1. The number of piperidine rings is 1. The zero-order valence-electron chi connectivity index (χ0n) is 13.1. The fourth-order valence-electron chi connectivity index (χ4n) is 2.33. The van der Waals surface area contributed by atoms with Crippen LogP contribution in [-0.2, 0) is 9.59 Å². The van der Waals surface area contributed by atoms with Crippen molar-refractivity contribution >= 4 is 23.5 Å². The Bertz CT molecular complexity index is 594. The van der Waals surface area contributed by atoms with E-state index in [-0.39, 0.29) is 24.3 Å². The van der Waals surface area contributed by atoms with Crippen molar-refractivity contribution in [3.8, 4) is 0 Å². The summed E-state index contributed by atoms with van der Waals surface area (Å²) in [6.45, 7) is 4.67. The summed E-state index contributed by atoms with van der Waals surface area (Å²) in [7, 11) is 0. The Balaban J connectivity index is 1.88. The summed E-state index contributed by atoms with van der Waals surface area (Å²) in [4.78, 5) is 28.7. The summed E-state index contributed by atoms with van der Waals surface area (Å²) >= 11 is 0. The molecule has 6 nitrogen and oxygen atoms in total. The van der Waals surface area contributed by atoms with E-state index in [2.05, 4.69) is 10.3 Å². The Morgan fingerprint density at radius 2 is 1.91 bits per heavy atom. The van der Waals surface area contributed by atoms with Crippen LogP contribution in [0.4, 0.5) is 5.69 Å². The summed E-state index contributed by atoms with van der Waals surface area (Å²) in [5.41, 5.74) is 9.08. The lowest BCUT2D eigenvalue weighted by Crippen LogP contribution is -2.41. The summed E-state index contributed by atoms with van der Waals surface area (Å²) in [6, 6.07) is 5.94. The van der Waals surface area contributed by atoms with Gasteiger partial charge in [-0.15, -0.1) is 0 Å². The van der Waals surface area contributed by atoms with Crippen molar-refractivity contribution < 1.29 is 9.59 Å². The lowest BCUT2D eigenvalue weighted by molar-refractivity contribution is -0.147. The van der Waals surface area contributed by atoms with Gasteiger partial charge in [0.2, 0.25) is 11.8 Å². The van der Waals surface area contributed by atoms with Gasteiger partial charge in [-0.2, -0.15) is 0 Å². The maximum atomic E-state index is 11.7. The van der Waals surface area contributed by atoms with Gasteiger partial charge in [0, 0.05) is 25.1 Å². The highest BCUT2D eigenvalue weighted by atomic mass is 16.2. The van der Waals surface area contributed by atoms with Gasteiger partial charge in [0.1, 0.15) is 0 Å². The highest BCUT2D eigenvalue weighted by Gasteiger charge is 2.24. The molecule has 6 heteroatoms. The van der Waals surface area contributed by atoms with E-state index < -0.39 is 0 Å². The number of benzene rings is 1. The Hall–Kier alpha value is -2.37.